The maximum absolute atomic E-state index is 12.2. The molecule has 0 unspecified atom stereocenters. The average molecular weight is 395 g/mol. The highest BCUT2D eigenvalue weighted by molar-refractivity contribution is 14.1. The van der Waals surface area contributed by atoms with Crippen LogP contribution in [0.3, 0.4) is 0 Å². The van der Waals surface area contributed by atoms with Crippen molar-refractivity contribution in [3.8, 4) is 5.75 Å². The lowest BCUT2D eigenvalue weighted by atomic mass is 10.2. The third kappa shape index (κ3) is 3.59. The van der Waals surface area contributed by atoms with Gasteiger partial charge in [0.25, 0.3) is 5.91 Å². The van der Waals surface area contributed by atoms with E-state index >= 15 is 0 Å². The predicted octanol–water partition coefficient (Wildman–Crippen LogP) is 1.26. The van der Waals surface area contributed by atoms with Gasteiger partial charge in [-0.2, -0.15) is 0 Å². The number of hydrogen-bond donors (Lipinski definition) is 1. The van der Waals surface area contributed by atoms with E-state index in [1.165, 1.54) is 11.0 Å². The molecule has 2 rings (SSSR count). The molecular formula is C12H14INO4S. The van der Waals surface area contributed by atoms with E-state index in [4.69, 9.17) is 0 Å². The summed E-state index contributed by atoms with van der Waals surface area (Å²) in [5.74, 6) is -0.0261. The molecule has 0 aliphatic carbocycles. The fourth-order valence-corrected chi connectivity index (χ4v) is 3.58. The molecular weight excluding hydrogens is 381 g/mol. The highest BCUT2D eigenvalue weighted by atomic mass is 127. The quantitative estimate of drug-likeness (QED) is 0.727. The summed E-state index contributed by atoms with van der Waals surface area (Å²) in [4.78, 5) is 13.8. The van der Waals surface area contributed by atoms with Gasteiger partial charge < -0.3 is 10.0 Å². The van der Waals surface area contributed by atoms with Crippen LogP contribution in [0, 0.1) is 3.57 Å². The third-order valence-electron chi connectivity index (χ3n) is 3.04. The molecule has 1 aromatic rings. The molecule has 1 aliphatic heterocycles. The summed E-state index contributed by atoms with van der Waals surface area (Å²) in [5.41, 5.74) is 0.386. The highest BCUT2D eigenvalue weighted by Crippen LogP contribution is 2.21. The monoisotopic (exact) mass is 395 g/mol. The zero-order valence-electron chi connectivity index (χ0n) is 10.2. The van der Waals surface area contributed by atoms with E-state index in [2.05, 4.69) is 0 Å². The molecule has 19 heavy (non-hydrogen) atoms. The van der Waals surface area contributed by atoms with Crippen LogP contribution in [0.5, 0.6) is 5.75 Å². The smallest absolute Gasteiger partial charge is 0.254 e. The van der Waals surface area contributed by atoms with Crippen LogP contribution in [0.15, 0.2) is 18.2 Å². The van der Waals surface area contributed by atoms with E-state index in [0.717, 1.165) is 0 Å². The number of carbonyl (C=O) groups excluding carboxylic acids is 1. The molecule has 7 heteroatoms. The summed E-state index contributed by atoms with van der Waals surface area (Å²) in [5, 5.41) is 9.61. The minimum atomic E-state index is -3.03. The molecule has 1 fully saturated rings. The first-order valence-corrected chi connectivity index (χ1v) is 8.77. The minimum absolute atomic E-state index is 0.00902. The Morgan fingerprint density at radius 1 is 1.26 bits per heavy atom. The molecule has 1 aromatic carbocycles. The SMILES string of the molecule is O=C(c1ccc(I)c(O)c1)N1CCCS(=O)(=O)CC1. The van der Waals surface area contributed by atoms with E-state index in [9.17, 15) is 18.3 Å². The molecule has 1 saturated heterocycles. The van der Waals surface area contributed by atoms with Crippen molar-refractivity contribution in [2.75, 3.05) is 24.6 Å². The standard InChI is InChI=1S/C12H14INO4S/c13-10-3-2-9(8-11(10)15)12(16)14-4-1-6-19(17,18)7-5-14/h2-3,8,15H,1,4-7H2. The van der Waals surface area contributed by atoms with Crippen molar-refractivity contribution in [1.82, 2.24) is 4.90 Å². The van der Waals surface area contributed by atoms with E-state index in [1.54, 1.807) is 12.1 Å². The second-order valence-electron chi connectivity index (χ2n) is 4.46. The Kier molecular flexibility index (Phi) is 4.34. The Balaban J connectivity index is 2.17. The van der Waals surface area contributed by atoms with Crippen LogP contribution in [0.25, 0.3) is 0 Å². The Labute approximate surface area is 125 Å². The largest absolute Gasteiger partial charge is 0.507 e. The van der Waals surface area contributed by atoms with Crippen molar-refractivity contribution in [1.29, 1.82) is 0 Å². The van der Waals surface area contributed by atoms with Crippen molar-refractivity contribution in [3.63, 3.8) is 0 Å². The molecule has 104 valence electrons. The molecule has 0 aromatic heterocycles. The number of sulfone groups is 1. The highest BCUT2D eigenvalue weighted by Gasteiger charge is 2.23. The van der Waals surface area contributed by atoms with Crippen LogP contribution in [-0.4, -0.2) is 48.9 Å². The Morgan fingerprint density at radius 2 is 2.00 bits per heavy atom. The number of halogens is 1. The van der Waals surface area contributed by atoms with Crippen LogP contribution in [0.4, 0.5) is 0 Å². The minimum Gasteiger partial charge on any atom is -0.507 e. The molecule has 1 N–H and O–H groups in total. The molecule has 0 saturated carbocycles. The van der Waals surface area contributed by atoms with Gasteiger partial charge in [-0.3, -0.25) is 4.79 Å². The number of nitrogens with zero attached hydrogens (tertiary/aromatic N) is 1. The van der Waals surface area contributed by atoms with Gasteiger partial charge >= 0.3 is 0 Å². The van der Waals surface area contributed by atoms with Gasteiger partial charge in [-0.15, -0.1) is 0 Å². The number of hydrogen-bond acceptors (Lipinski definition) is 4. The Hall–Kier alpha value is -0.830. The third-order valence-corrected chi connectivity index (χ3v) is 5.66. The second kappa shape index (κ2) is 5.66. The van der Waals surface area contributed by atoms with Gasteiger partial charge in [0.15, 0.2) is 9.84 Å². The molecule has 0 spiro atoms. The van der Waals surface area contributed by atoms with Gasteiger partial charge in [-0.25, -0.2) is 8.42 Å². The number of aromatic hydroxyl groups is 1. The number of phenols is 1. The van der Waals surface area contributed by atoms with Crippen LogP contribution in [0.2, 0.25) is 0 Å². The van der Waals surface area contributed by atoms with E-state index in [0.29, 0.717) is 22.1 Å². The fourth-order valence-electron chi connectivity index (χ4n) is 1.97. The van der Waals surface area contributed by atoms with E-state index in [1.807, 2.05) is 22.6 Å². The molecule has 0 bridgehead atoms. The summed E-state index contributed by atoms with van der Waals surface area (Å²) in [6.07, 6.45) is 0.463. The Morgan fingerprint density at radius 3 is 2.68 bits per heavy atom. The van der Waals surface area contributed by atoms with Crippen molar-refractivity contribution in [2.24, 2.45) is 0 Å². The number of phenolic OH excluding ortho intramolecular Hbond substituents is 1. The first-order valence-electron chi connectivity index (χ1n) is 5.87. The molecule has 1 amide bonds. The summed E-state index contributed by atoms with van der Waals surface area (Å²) >= 11 is 1.98. The number of carbonyl (C=O) groups is 1. The van der Waals surface area contributed by atoms with Gasteiger partial charge in [-0.1, -0.05) is 0 Å². The molecule has 1 heterocycles. The fraction of sp³-hybridized carbons (Fsp3) is 0.417. The Bertz CT molecular complexity index is 600. The van der Waals surface area contributed by atoms with Gasteiger partial charge in [-0.05, 0) is 47.2 Å². The van der Waals surface area contributed by atoms with Gasteiger partial charge in [0.2, 0.25) is 0 Å². The van der Waals surface area contributed by atoms with Gasteiger partial charge in [0.05, 0.1) is 15.1 Å². The van der Waals surface area contributed by atoms with Gasteiger partial charge in [0.1, 0.15) is 5.75 Å². The van der Waals surface area contributed by atoms with Crippen LogP contribution >= 0.6 is 22.6 Å². The zero-order chi connectivity index (χ0) is 14.0. The maximum atomic E-state index is 12.2. The van der Waals surface area contributed by atoms with Crippen molar-refractivity contribution in [3.05, 3.63) is 27.3 Å². The first kappa shape index (κ1) is 14.6. The summed E-state index contributed by atoms with van der Waals surface area (Å²) in [7, 11) is -3.03. The normalized spacial score (nSPS) is 18.9. The molecule has 5 nitrogen and oxygen atoms in total. The summed E-state index contributed by atoms with van der Waals surface area (Å²) < 4.78 is 23.7. The zero-order valence-corrected chi connectivity index (χ0v) is 13.1. The number of benzene rings is 1. The molecule has 0 radical (unpaired) electrons. The van der Waals surface area contributed by atoms with Crippen LogP contribution in [0.1, 0.15) is 16.8 Å². The summed E-state index contributed by atoms with van der Waals surface area (Å²) in [6.45, 7) is 0.652. The lowest BCUT2D eigenvalue weighted by Crippen LogP contribution is -2.33. The predicted molar refractivity (Wildman–Crippen MR) is 80.0 cm³/mol. The molecule has 1 aliphatic rings. The maximum Gasteiger partial charge on any atom is 0.254 e. The van der Waals surface area contributed by atoms with Crippen LogP contribution < -0.4 is 0 Å². The summed E-state index contributed by atoms with van der Waals surface area (Å²) in [6, 6.07) is 4.73. The van der Waals surface area contributed by atoms with E-state index in [-0.39, 0.29) is 29.7 Å². The number of amides is 1. The second-order valence-corrected chi connectivity index (χ2v) is 7.93. The number of rotatable bonds is 1. The first-order chi connectivity index (χ1) is 8.89. The van der Waals surface area contributed by atoms with Crippen molar-refractivity contribution >= 4 is 38.3 Å². The van der Waals surface area contributed by atoms with Crippen LogP contribution in [-0.2, 0) is 9.84 Å². The van der Waals surface area contributed by atoms with Crippen molar-refractivity contribution < 1.29 is 18.3 Å². The van der Waals surface area contributed by atoms with Crippen molar-refractivity contribution in [2.45, 2.75) is 6.42 Å². The lowest BCUT2D eigenvalue weighted by molar-refractivity contribution is 0.0768. The average Bonchev–Trinajstić information content (AvgIpc) is 2.53. The van der Waals surface area contributed by atoms with E-state index < -0.39 is 9.84 Å². The lowest BCUT2D eigenvalue weighted by Gasteiger charge is -2.19. The molecule has 0 atom stereocenters. The van der Waals surface area contributed by atoms with Gasteiger partial charge in [0, 0.05) is 18.7 Å². The topological polar surface area (TPSA) is 74.7 Å².